The smallest absolute Gasteiger partial charge is 0.260 e. The first kappa shape index (κ1) is 86.8. The first-order chi connectivity index (χ1) is 45.6. The second-order valence-corrected chi connectivity index (χ2v) is 30.0. The summed E-state index contributed by atoms with van der Waals surface area (Å²) in [7, 11) is 0. The molecule has 3 aromatic rings. The van der Waals surface area contributed by atoms with Crippen molar-refractivity contribution in [2.45, 2.75) is 36.3 Å². The van der Waals surface area contributed by atoms with Gasteiger partial charge in [0.15, 0.2) is 19.8 Å². The van der Waals surface area contributed by atoms with Crippen molar-refractivity contribution in [3.05, 3.63) is 65.5 Å². The molecule has 1 aliphatic heterocycles. The normalized spacial score (nSPS) is 12.8. The van der Waals surface area contributed by atoms with Gasteiger partial charge in [0, 0.05) is 50.0 Å². The summed E-state index contributed by atoms with van der Waals surface area (Å²) < 4.78 is 19.0. The number of halogens is 9. The first-order valence-corrected chi connectivity index (χ1v) is 37.8. The zero-order valence-electron chi connectivity index (χ0n) is 49.8. The maximum atomic E-state index is 14.7. The lowest BCUT2D eigenvalue weighted by molar-refractivity contribution is -0.137. The highest BCUT2D eigenvalue weighted by Crippen LogP contribution is 2.41. The van der Waals surface area contributed by atoms with Crippen LogP contribution in [0.25, 0.3) is 0 Å². The van der Waals surface area contributed by atoms with Crippen LogP contribution in [0.5, 0.6) is 17.2 Å². The summed E-state index contributed by atoms with van der Waals surface area (Å²) in [6, 6.07) is -6.90. The van der Waals surface area contributed by atoms with Crippen molar-refractivity contribution >= 4 is 256 Å². The van der Waals surface area contributed by atoms with Crippen molar-refractivity contribution in [2.75, 3.05) is 138 Å². The molecule has 18 N–H and O–H groups in total. The Kier molecular flexibility index (Phi) is 38.7. The summed E-state index contributed by atoms with van der Waals surface area (Å²) >= 11 is 15.7. The van der Waals surface area contributed by atoms with Crippen LogP contribution in [0.4, 0.5) is 0 Å². The van der Waals surface area contributed by atoms with E-state index in [1.165, 1.54) is 14.7 Å². The number of carbonyl (C=O) groups is 9. The van der Waals surface area contributed by atoms with Gasteiger partial charge in [-0.25, -0.2) is 0 Å². The Labute approximate surface area is 670 Å². The highest BCUT2D eigenvalue weighted by molar-refractivity contribution is 14.1. The van der Waals surface area contributed by atoms with Gasteiger partial charge >= 0.3 is 0 Å². The fourth-order valence-corrected chi connectivity index (χ4v) is 21.8. The molecular formula is C54H66I9N9O24. The molecule has 33 nitrogen and oxygen atoms in total. The molecule has 0 saturated carbocycles. The van der Waals surface area contributed by atoms with Gasteiger partial charge in [-0.1, -0.05) is 0 Å². The molecule has 4 rings (SSSR count). The molecule has 1 saturated heterocycles. The van der Waals surface area contributed by atoms with Gasteiger partial charge in [0.1, 0.15) is 17.2 Å². The van der Waals surface area contributed by atoms with E-state index in [2.05, 4.69) is 31.9 Å². The molecule has 0 bridgehead atoms. The number of hydrogen-bond acceptors (Lipinski definition) is 24. The molecule has 1 fully saturated rings. The number of benzene rings is 3. The van der Waals surface area contributed by atoms with Gasteiger partial charge in [-0.15, -0.1) is 0 Å². The minimum absolute atomic E-state index is 0.0421. The zero-order chi connectivity index (χ0) is 72.0. The van der Waals surface area contributed by atoms with Gasteiger partial charge in [-0.05, 0) is 203 Å². The van der Waals surface area contributed by atoms with E-state index >= 15 is 0 Å². The Morgan fingerprint density at radius 2 is 0.406 bits per heavy atom. The minimum Gasteiger partial charge on any atom is -0.481 e. The van der Waals surface area contributed by atoms with Crippen LogP contribution in [0.3, 0.4) is 0 Å². The zero-order valence-corrected chi connectivity index (χ0v) is 69.2. The highest BCUT2D eigenvalue weighted by atomic mass is 127. The number of ether oxygens (including phenoxy) is 3. The maximum Gasteiger partial charge on any atom is 0.260 e. The average Bonchev–Trinajstić information content (AvgIpc) is 0.812. The van der Waals surface area contributed by atoms with Gasteiger partial charge in [-0.2, -0.15) is 0 Å². The van der Waals surface area contributed by atoms with Crippen molar-refractivity contribution in [3.63, 3.8) is 0 Å². The summed E-state index contributed by atoms with van der Waals surface area (Å²) in [6.45, 7) is -12.2. The van der Waals surface area contributed by atoms with Crippen LogP contribution >= 0.6 is 203 Å². The number of aliphatic hydroxyl groups is 12. The molecule has 1 heterocycles. The fraction of sp³-hybridized carbons (Fsp3) is 0.500. The van der Waals surface area contributed by atoms with Crippen LogP contribution in [0.1, 0.15) is 62.1 Å². The molecule has 0 atom stereocenters. The van der Waals surface area contributed by atoms with Crippen LogP contribution in [0, 0.1) is 32.1 Å². The molecular weight excluding hydrogens is 2300 g/mol. The topological polar surface area (TPSA) is 506 Å². The lowest BCUT2D eigenvalue weighted by atomic mass is 10.1. The monoisotopic (exact) mass is 2370 g/mol. The Morgan fingerprint density at radius 3 is 0.531 bits per heavy atom. The summed E-state index contributed by atoms with van der Waals surface area (Å²) in [5.74, 6) is -8.11. The summed E-state index contributed by atoms with van der Waals surface area (Å²) in [4.78, 5) is 131. The molecule has 0 radical (unpaired) electrons. The van der Waals surface area contributed by atoms with Gasteiger partial charge in [0.2, 0.25) is 0 Å². The Balaban J connectivity index is 1.87. The number of aliphatic hydroxyl groups excluding tert-OH is 12. The molecule has 42 heteroatoms. The minimum atomic E-state index is -1.15. The van der Waals surface area contributed by atoms with Crippen molar-refractivity contribution in [1.29, 1.82) is 0 Å². The van der Waals surface area contributed by atoms with Gasteiger partial charge in [0.05, 0.1) is 170 Å². The average molecular weight is 2370 g/mol. The Bertz CT molecular complexity index is 2800. The number of rotatable bonds is 33. The van der Waals surface area contributed by atoms with Crippen LogP contribution in [-0.4, -0.2) is 304 Å². The molecule has 0 aromatic heterocycles. The van der Waals surface area contributed by atoms with E-state index in [0.29, 0.717) is 0 Å². The Morgan fingerprint density at radius 1 is 0.271 bits per heavy atom. The summed E-state index contributed by atoms with van der Waals surface area (Å²) in [6.07, 6.45) is 0. The third-order valence-electron chi connectivity index (χ3n) is 13.8. The fourth-order valence-electron chi connectivity index (χ4n) is 8.42. The largest absolute Gasteiger partial charge is 0.481 e. The van der Waals surface area contributed by atoms with Gasteiger partial charge in [-0.3, -0.25) is 43.2 Å². The quantitative estimate of drug-likeness (QED) is 0.0265. The van der Waals surface area contributed by atoms with E-state index in [9.17, 15) is 104 Å². The third kappa shape index (κ3) is 22.7. The number of hydrogen-bond donors (Lipinski definition) is 18. The predicted octanol–water partition coefficient (Wildman–Crippen LogP) is -3.34. The number of carbonyl (C=O) groups excluding carboxylic acids is 9. The van der Waals surface area contributed by atoms with Crippen molar-refractivity contribution in [1.82, 2.24) is 46.6 Å². The Hall–Kier alpha value is -1.62. The van der Waals surface area contributed by atoms with E-state index in [4.69, 9.17) is 14.2 Å². The van der Waals surface area contributed by atoms with Crippen LogP contribution in [-0.2, 0) is 14.4 Å². The van der Waals surface area contributed by atoms with E-state index < -0.39 is 189 Å². The summed E-state index contributed by atoms with van der Waals surface area (Å²) in [5.41, 5.74) is -1.08. The third-order valence-corrected chi connectivity index (χ3v) is 23.3. The lowest BCUT2D eigenvalue weighted by Gasteiger charge is -2.27. The number of nitrogens with one attached hydrogen (secondary N) is 6. The molecule has 1 aliphatic rings. The first-order valence-electron chi connectivity index (χ1n) is 28.1. The van der Waals surface area contributed by atoms with Crippen LogP contribution in [0.15, 0.2) is 0 Å². The van der Waals surface area contributed by atoms with Gasteiger partial charge < -0.3 is 122 Å². The molecule has 3 aromatic carbocycles. The molecule has 0 aliphatic carbocycles. The number of nitrogens with zero attached hydrogens (tertiary/aromatic N) is 3. The second kappa shape index (κ2) is 42.8. The van der Waals surface area contributed by atoms with E-state index in [1.54, 1.807) is 203 Å². The molecule has 9 amide bonds. The van der Waals surface area contributed by atoms with Crippen LogP contribution < -0.4 is 46.1 Å². The molecule has 96 heavy (non-hydrogen) atoms. The lowest BCUT2D eigenvalue weighted by Crippen LogP contribution is -2.44. The predicted molar refractivity (Wildman–Crippen MR) is 413 cm³/mol. The SMILES string of the molecule is O=C(NC(CO)CO)c1c(I)c(OCC(=O)N2CCN(C(=O)COc3c(I)c(C(=O)NC(CO)CO)c(I)c(C(=O)NC(CO)CO)c3I)CCN(C(=O)COc3c(I)c(C(=O)NC(CO)CO)c(I)c(C(=O)NC(CO)CO)c3I)CC2)c(I)c(C(=O)NC(CO)CO)c1I. The molecule has 0 spiro atoms. The van der Waals surface area contributed by atoms with Crippen LogP contribution in [0.2, 0.25) is 0 Å². The van der Waals surface area contributed by atoms with Crippen molar-refractivity contribution in [3.8, 4) is 17.2 Å². The van der Waals surface area contributed by atoms with Gasteiger partial charge in [0.25, 0.3) is 53.2 Å². The van der Waals surface area contributed by atoms with E-state index in [0.717, 1.165) is 0 Å². The number of amides is 9. The van der Waals surface area contributed by atoms with Crippen molar-refractivity contribution < 1.29 is 119 Å². The van der Waals surface area contributed by atoms with Crippen molar-refractivity contribution in [2.24, 2.45) is 0 Å². The second-order valence-electron chi connectivity index (χ2n) is 20.3. The standard InChI is InChI=1S/C54H66I9N9O24/c55-37-31(49(88)64-22(7-73)8-74)40(58)46(41(59)32(37)50(89)65-23(9-75)10-76)94-19-28(85)70-1-2-71(29(86)20-95-47-42(60)33(51(90)66-24(11-77)12-78)38(56)34(43(47)61)52(91)67-25(13-79)14-80)5-6-72(4-3-70)30(87)21-96-48-44(62)35(53(92)68-26(15-81)16-82)39(57)36(45(48)63)54(93)69-27(17-83)18-84/h22-27,73-84H,1-21H2,(H,64,88)(H,65,89)(H,66,90)(H,67,91)(H,68,92)(H,69,93). The van der Waals surface area contributed by atoms with E-state index in [-0.39, 0.29) is 122 Å². The summed E-state index contributed by atoms with van der Waals surface area (Å²) in [5, 5.41) is 133. The maximum absolute atomic E-state index is 14.7. The molecule has 0 unspecified atom stereocenters. The molecule has 534 valence electrons. The van der Waals surface area contributed by atoms with E-state index in [1.807, 2.05) is 0 Å². The highest BCUT2D eigenvalue weighted by Gasteiger charge is 2.36.